The van der Waals surface area contributed by atoms with E-state index in [9.17, 15) is 79.5 Å². The highest BCUT2D eigenvalue weighted by molar-refractivity contribution is 8.00. The smallest absolute Gasteiger partial charge is 0.508 e. The van der Waals surface area contributed by atoms with Gasteiger partial charge in [0.05, 0.1) is 25.0 Å². The molecule has 1 N–H and O–H groups in total. The Balaban J connectivity index is 0.000000201. The van der Waals surface area contributed by atoms with Gasteiger partial charge in [-0.3, -0.25) is 0 Å². The Labute approximate surface area is 316 Å². The van der Waals surface area contributed by atoms with E-state index in [1.165, 1.54) is 25.3 Å². The third-order valence-corrected chi connectivity index (χ3v) is 10.6. The van der Waals surface area contributed by atoms with Crippen LogP contribution in [0.4, 0.5) is 39.5 Å². The lowest BCUT2D eigenvalue weighted by Crippen LogP contribution is -2.34. The van der Waals surface area contributed by atoms with Crippen LogP contribution in [0.25, 0.3) is 43.5 Å². The van der Waals surface area contributed by atoms with Crippen LogP contribution in [0.3, 0.4) is 0 Å². The second kappa shape index (κ2) is 15.9. The molecule has 0 aliphatic heterocycles. The minimum Gasteiger partial charge on any atom is -0.508 e. The molecule has 0 spiro atoms. The van der Waals surface area contributed by atoms with E-state index in [1.807, 2.05) is 9.70 Å². The van der Waals surface area contributed by atoms with Crippen LogP contribution in [0.2, 0.25) is 0 Å². The van der Waals surface area contributed by atoms with Gasteiger partial charge in [0, 0.05) is 33.7 Å². The maximum absolute atomic E-state index is 12.4. The van der Waals surface area contributed by atoms with Crippen molar-refractivity contribution < 1.29 is 96.0 Å². The molecule has 6 rings (SSSR count). The van der Waals surface area contributed by atoms with Crippen molar-refractivity contribution >= 4 is 73.8 Å². The Hall–Kier alpha value is -5.80. The van der Waals surface area contributed by atoms with Gasteiger partial charge in [0.15, 0.2) is 0 Å². The first-order valence-electron chi connectivity index (χ1n) is 14.6. The highest BCUT2D eigenvalue weighted by Gasteiger charge is 2.57. The van der Waals surface area contributed by atoms with Crippen molar-refractivity contribution in [1.29, 1.82) is 0 Å². The van der Waals surface area contributed by atoms with Crippen molar-refractivity contribution in [1.82, 2.24) is 0 Å². The highest BCUT2D eigenvalue weighted by Crippen LogP contribution is 2.34. The van der Waals surface area contributed by atoms with Crippen molar-refractivity contribution in [3.63, 3.8) is 0 Å². The predicted octanol–water partition coefficient (Wildman–Crippen LogP) is 6.55. The van der Waals surface area contributed by atoms with E-state index in [-0.39, 0.29) is 16.7 Å². The number of hydrogen-bond acceptors (Lipinski definition) is 15. The van der Waals surface area contributed by atoms with E-state index in [0.29, 0.717) is 33.2 Å². The van der Waals surface area contributed by atoms with Crippen LogP contribution < -0.4 is 24.9 Å². The minimum absolute atomic E-state index is 0.0681. The van der Waals surface area contributed by atoms with Gasteiger partial charge in [0.25, 0.3) is 0 Å². The number of phenols is 1. The number of methoxy groups -OCH3 is 2. The summed E-state index contributed by atoms with van der Waals surface area (Å²) in [5, 5.41) is 12.5. The third-order valence-electron chi connectivity index (χ3n) is 7.03. The van der Waals surface area contributed by atoms with Crippen LogP contribution in [-0.4, -0.2) is 61.1 Å². The number of fused-ring (bicyclic) bond motifs is 6. The number of rotatable bonds is 6. The molecule has 0 aliphatic carbocycles. The summed E-state index contributed by atoms with van der Waals surface area (Å²) in [6.45, 7) is 0. The first-order valence-corrected chi connectivity index (χ1v) is 18.9. The summed E-state index contributed by atoms with van der Waals surface area (Å²) >= 11 is 0. The molecule has 27 heteroatoms. The van der Waals surface area contributed by atoms with Crippen LogP contribution in [-0.2, 0) is 34.0 Å². The number of ether oxygens (including phenoxy) is 2. The molecule has 0 bridgehead atoms. The Morgan fingerprint density at radius 2 is 0.845 bits per heavy atom. The minimum atomic E-state index is -6.85. The number of alkyl halides is 9. The molecule has 0 saturated heterocycles. The number of benzene rings is 4. The molecule has 0 aliphatic rings. The van der Waals surface area contributed by atoms with Crippen molar-refractivity contribution in [2.75, 3.05) is 14.2 Å². The molecular weight excluding hydrogens is 880 g/mol. The molecule has 2 heterocycles. The molecule has 6 aromatic rings. The number of hydrogen-bond donors (Lipinski definition) is 1. The molecule has 4 aromatic carbocycles. The molecule has 2 aromatic heterocycles. The Kier molecular flexibility index (Phi) is 12.3. The van der Waals surface area contributed by atoms with Gasteiger partial charge >= 0.3 is 58.1 Å². The predicted molar refractivity (Wildman–Crippen MR) is 181 cm³/mol. The van der Waals surface area contributed by atoms with Crippen LogP contribution in [0, 0.1) is 0 Å². The summed E-state index contributed by atoms with van der Waals surface area (Å²) < 4.78 is 194. The summed E-state index contributed by atoms with van der Waals surface area (Å²) in [6.07, 6.45) is 0. The second-order valence-corrected chi connectivity index (χ2v) is 15.6. The molecule has 0 unspecified atom stereocenters. The average Bonchev–Trinajstić information content (AvgIpc) is 3.10. The van der Waals surface area contributed by atoms with Gasteiger partial charge < -0.3 is 27.6 Å². The maximum Gasteiger partial charge on any atom is 0.534 e. The quantitative estimate of drug-likeness (QED) is 0.0616. The summed E-state index contributed by atoms with van der Waals surface area (Å²) in [4.78, 5) is 23.9. The molecule has 0 atom stereocenters. The van der Waals surface area contributed by atoms with Crippen molar-refractivity contribution in [3.05, 3.63) is 93.6 Å². The zero-order valence-electron chi connectivity index (χ0n) is 28.2. The fraction of sp³-hybridized carbons (Fsp3) is 0.161. The third kappa shape index (κ3) is 9.65. The molecular formula is C31H19F9O15S3. The summed E-state index contributed by atoms with van der Waals surface area (Å²) in [5.41, 5.74) is -19.0. The molecule has 0 amide bonds. The van der Waals surface area contributed by atoms with Gasteiger partial charge in [0.2, 0.25) is 0 Å². The van der Waals surface area contributed by atoms with Crippen LogP contribution in [0.1, 0.15) is 0 Å². The Morgan fingerprint density at radius 1 is 0.483 bits per heavy atom. The SMILES string of the molecule is COc1ccc2c(c1)c(=O)oc1cc(O)ccc12.COc1ccc2c(c1)c(=O)oc1cc(OS(=O)(=O)C(F)(F)F)ccc12.O=S(=O)(OS(=O)(=O)C(F)(F)F)C(F)(F)F. The van der Waals surface area contributed by atoms with Gasteiger partial charge in [-0.25, -0.2) is 9.59 Å². The van der Waals surface area contributed by atoms with E-state index in [2.05, 4.69) is 4.18 Å². The molecule has 314 valence electrons. The lowest BCUT2D eigenvalue weighted by atomic mass is 10.1. The van der Waals surface area contributed by atoms with Gasteiger partial charge in [-0.05, 0) is 60.7 Å². The fourth-order valence-electron chi connectivity index (χ4n) is 4.47. The monoisotopic (exact) mass is 898 g/mol. The number of aromatic hydroxyl groups is 1. The van der Waals surface area contributed by atoms with E-state index < -0.39 is 63.9 Å². The van der Waals surface area contributed by atoms with Gasteiger partial charge in [-0.15, -0.1) is 3.63 Å². The topological polar surface area (TPSA) is 220 Å². The van der Waals surface area contributed by atoms with E-state index in [1.54, 1.807) is 43.5 Å². The van der Waals surface area contributed by atoms with Gasteiger partial charge in [-0.1, -0.05) is 0 Å². The van der Waals surface area contributed by atoms with Crippen molar-refractivity contribution in [2.45, 2.75) is 16.5 Å². The maximum atomic E-state index is 12.4. The summed E-state index contributed by atoms with van der Waals surface area (Å²) in [5.74, 6) is 0.475. The lowest BCUT2D eigenvalue weighted by molar-refractivity contribution is -0.0586. The van der Waals surface area contributed by atoms with E-state index in [4.69, 9.17) is 18.3 Å². The van der Waals surface area contributed by atoms with Crippen molar-refractivity contribution in [2.24, 2.45) is 0 Å². The molecule has 0 fully saturated rings. The first kappa shape index (κ1) is 44.9. The standard InChI is InChI=1S/C15H9F3O6S.C14H10O4.C2F6O5S2/c1-22-8-2-4-10-11-5-3-9(24-25(20,21)15(16,17)18)7-13(11)23-14(19)12(10)6-8;1-17-9-3-5-10-11-4-2-8(15)6-13(11)18-14(16)12(10)7-9;3-1(4,5)14(9,10)13-15(11,12)2(6,7)8/h2-7H,1H3;2-7,15H,1H3;. The molecule has 0 saturated carbocycles. The highest BCUT2D eigenvalue weighted by atomic mass is 32.3. The number of halogens is 9. The summed E-state index contributed by atoms with van der Waals surface area (Å²) in [7, 11) is -16.5. The Bertz CT molecular complexity index is 2950. The molecule has 15 nitrogen and oxygen atoms in total. The van der Waals surface area contributed by atoms with Crippen molar-refractivity contribution in [3.8, 4) is 23.0 Å². The fourth-order valence-corrected chi connectivity index (χ4v) is 6.48. The zero-order chi connectivity index (χ0) is 43.8. The van der Waals surface area contributed by atoms with E-state index >= 15 is 0 Å². The lowest BCUT2D eigenvalue weighted by Gasteiger charge is -2.10. The van der Waals surface area contributed by atoms with Crippen LogP contribution in [0.5, 0.6) is 23.0 Å². The van der Waals surface area contributed by atoms with Crippen LogP contribution in [0.15, 0.2) is 91.2 Å². The average molecular weight is 899 g/mol. The molecule has 0 radical (unpaired) electrons. The summed E-state index contributed by atoms with van der Waals surface area (Å²) in [6, 6.07) is 17.8. The number of phenolic OH excluding ortho intramolecular Hbond substituents is 1. The van der Waals surface area contributed by atoms with E-state index in [0.717, 1.165) is 22.9 Å². The van der Waals surface area contributed by atoms with Gasteiger partial charge in [-0.2, -0.15) is 64.8 Å². The normalized spacial score (nSPS) is 12.7. The first-order chi connectivity index (χ1) is 26.5. The zero-order valence-corrected chi connectivity index (χ0v) is 30.7. The second-order valence-electron chi connectivity index (χ2n) is 10.8. The largest absolute Gasteiger partial charge is 0.534 e. The van der Waals surface area contributed by atoms with Gasteiger partial charge in [0.1, 0.15) is 34.2 Å². The molecule has 58 heavy (non-hydrogen) atoms. The van der Waals surface area contributed by atoms with Crippen LogP contribution >= 0.6 is 0 Å². The Morgan fingerprint density at radius 3 is 1.24 bits per heavy atom.